The maximum atomic E-state index is 3.37. The Morgan fingerprint density at radius 2 is 0.905 bits per heavy atom. The molecule has 4 aliphatic rings. The third-order valence-electron chi connectivity index (χ3n) is 7.99. The van der Waals surface area contributed by atoms with Crippen LogP contribution in [0.15, 0.2) is 134 Å². The summed E-state index contributed by atoms with van der Waals surface area (Å²) < 4.78 is 0. The Hall–Kier alpha value is -5.22. The van der Waals surface area contributed by atoms with Crippen molar-refractivity contribution >= 4 is 22.3 Å². The summed E-state index contributed by atoms with van der Waals surface area (Å²) in [6.45, 7) is 3.37. The Bertz CT molecular complexity index is 1650. The Labute approximate surface area is 248 Å². The number of hydrogen-bond acceptors (Lipinski definition) is 4. The lowest BCUT2D eigenvalue weighted by atomic mass is 9.89. The zero-order valence-corrected chi connectivity index (χ0v) is 23.5. The van der Waals surface area contributed by atoms with E-state index >= 15 is 0 Å². The molecule has 4 N–H and O–H groups in total. The van der Waals surface area contributed by atoms with Crippen LogP contribution in [0.2, 0.25) is 0 Å². The van der Waals surface area contributed by atoms with Gasteiger partial charge in [-0.3, -0.25) is 0 Å². The third kappa shape index (κ3) is 5.52. The summed E-state index contributed by atoms with van der Waals surface area (Å²) in [5.41, 5.74) is 14.7. The van der Waals surface area contributed by atoms with Crippen LogP contribution >= 0.6 is 0 Å². The summed E-state index contributed by atoms with van der Waals surface area (Å²) >= 11 is 0. The molecule has 3 aromatic carbocycles. The largest absolute Gasteiger partial charge is 0.387 e. The van der Waals surface area contributed by atoms with E-state index in [1.54, 1.807) is 0 Å². The molecule has 4 aliphatic heterocycles. The van der Waals surface area contributed by atoms with Crippen molar-refractivity contribution in [2.45, 2.75) is 0 Å². The molecule has 4 heteroatoms. The van der Waals surface area contributed by atoms with Gasteiger partial charge in [-0.25, -0.2) is 0 Å². The van der Waals surface area contributed by atoms with Gasteiger partial charge in [0.1, 0.15) is 0 Å². The first-order valence-electron chi connectivity index (χ1n) is 14.6. The maximum Gasteiger partial charge on any atom is 0.0401 e. The molecule has 0 fully saturated rings. The van der Waals surface area contributed by atoms with Crippen molar-refractivity contribution < 1.29 is 0 Å². The monoisotopic (exact) mass is 546 g/mol. The second-order valence-electron chi connectivity index (χ2n) is 10.9. The molecule has 0 bridgehead atoms. The van der Waals surface area contributed by atoms with Gasteiger partial charge in [-0.15, -0.1) is 0 Å². The summed E-state index contributed by atoms with van der Waals surface area (Å²) in [5.74, 6) is 0. The number of hydrogen-bond donors (Lipinski definition) is 4. The van der Waals surface area contributed by atoms with Crippen LogP contribution in [-0.4, -0.2) is 26.2 Å². The number of nitrogens with one attached hydrogen (secondary N) is 4. The minimum absolute atomic E-state index is 0.821. The molecule has 0 spiro atoms. The molecule has 206 valence electrons. The lowest BCUT2D eigenvalue weighted by molar-refractivity contribution is 0.976. The molecule has 0 aliphatic carbocycles. The SMILES string of the molecule is C1=CNCC(c2cc(C3=CNCC=C3)cc(-c3cccc(-c4cc(C5=CNCC=C5)cc(C5=CC=CNC5)c4)c3)c2)=C1. The van der Waals surface area contributed by atoms with Crippen molar-refractivity contribution in [3.63, 3.8) is 0 Å². The summed E-state index contributed by atoms with van der Waals surface area (Å²) in [4.78, 5) is 0. The van der Waals surface area contributed by atoms with Crippen molar-refractivity contribution in [1.29, 1.82) is 0 Å². The molecular weight excluding hydrogens is 512 g/mol. The molecule has 0 atom stereocenters. The molecule has 4 nitrogen and oxygen atoms in total. The fraction of sp³-hybridized carbons (Fsp3) is 0.105. The Balaban J connectivity index is 1.33. The lowest BCUT2D eigenvalue weighted by Crippen LogP contribution is -2.12. The summed E-state index contributed by atoms with van der Waals surface area (Å²) in [6, 6.07) is 22.9. The van der Waals surface area contributed by atoms with Crippen LogP contribution in [0.4, 0.5) is 0 Å². The second-order valence-corrected chi connectivity index (χ2v) is 10.9. The van der Waals surface area contributed by atoms with Crippen molar-refractivity contribution in [1.82, 2.24) is 21.3 Å². The molecule has 42 heavy (non-hydrogen) atoms. The van der Waals surface area contributed by atoms with Crippen LogP contribution in [-0.2, 0) is 0 Å². The quantitative estimate of drug-likeness (QED) is 0.268. The molecule has 0 unspecified atom stereocenters. The van der Waals surface area contributed by atoms with Gasteiger partial charge in [0.25, 0.3) is 0 Å². The number of benzene rings is 3. The van der Waals surface area contributed by atoms with Crippen molar-refractivity contribution in [2.75, 3.05) is 26.2 Å². The minimum Gasteiger partial charge on any atom is -0.387 e. The first kappa shape index (κ1) is 25.7. The number of dihydropyridines is 4. The second kappa shape index (κ2) is 11.7. The molecule has 0 radical (unpaired) electrons. The van der Waals surface area contributed by atoms with E-state index in [1.807, 2.05) is 12.4 Å². The molecular formula is C38H34N4. The third-order valence-corrected chi connectivity index (χ3v) is 7.99. The van der Waals surface area contributed by atoms with Crippen LogP contribution in [0.5, 0.6) is 0 Å². The van der Waals surface area contributed by atoms with Gasteiger partial charge in [0.2, 0.25) is 0 Å². The fourth-order valence-electron chi connectivity index (χ4n) is 5.79. The highest BCUT2D eigenvalue weighted by Crippen LogP contribution is 2.35. The van der Waals surface area contributed by atoms with E-state index in [4.69, 9.17) is 0 Å². The van der Waals surface area contributed by atoms with Gasteiger partial charge in [0.05, 0.1) is 0 Å². The van der Waals surface area contributed by atoms with Gasteiger partial charge in [0.15, 0.2) is 0 Å². The molecule has 4 heterocycles. The van der Waals surface area contributed by atoms with E-state index < -0.39 is 0 Å². The smallest absolute Gasteiger partial charge is 0.0401 e. The Morgan fingerprint density at radius 1 is 0.452 bits per heavy atom. The first-order valence-corrected chi connectivity index (χ1v) is 14.6. The molecule has 0 amide bonds. The van der Waals surface area contributed by atoms with Crippen LogP contribution in [0.1, 0.15) is 22.3 Å². The normalized spacial score (nSPS) is 17.1. The van der Waals surface area contributed by atoms with E-state index in [1.165, 1.54) is 66.8 Å². The van der Waals surface area contributed by atoms with Gasteiger partial charge in [-0.1, -0.05) is 54.7 Å². The zero-order chi connectivity index (χ0) is 28.1. The van der Waals surface area contributed by atoms with Gasteiger partial charge >= 0.3 is 0 Å². The fourth-order valence-corrected chi connectivity index (χ4v) is 5.79. The molecule has 0 saturated carbocycles. The predicted octanol–water partition coefficient (Wildman–Crippen LogP) is 7.02. The predicted molar refractivity (Wildman–Crippen MR) is 178 cm³/mol. The Morgan fingerprint density at radius 3 is 1.33 bits per heavy atom. The van der Waals surface area contributed by atoms with Gasteiger partial charge in [-0.05, 0) is 134 Å². The van der Waals surface area contributed by atoms with Gasteiger partial charge in [0, 0.05) is 38.6 Å². The highest BCUT2D eigenvalue weighted by molar-refractivity contribution is 5.86. The first-order chi connectivity index (χ1) is 20.8. The standard InChI is InChI=1S/C38H34N4/c1-6-27(33-17-35(29-8-2-12-39-23-29)21-36(18-33)30-9-3-13-40-24-30)16-28(7-1)34-19-37(31-10-4-14-41-25-31)22-38(20-34)32-11-5-15-42-26-32/h1-12,14,16-22,24,26,39-42H,13,15,23,25H2. The van der Waals surface area contributed by atoms with Gasteiger partial charge < -0.3 is 21.3 Å². The van der Waals surface area contributed by atoms with Gasteiger partial charge in [-0.2, -0.15) is 0 Å². The summed E-state index contributed by atoms with van der Waals surface area (Å²) in [5, 5.41) is 13.5. The summed E-state index contributed by atoms with van der Waals surface area (Å²) in [7, 11) is 0. The van der Waals surface area contributed by atoms with E-state index in [9.17, 15) is 0 Å². The number of rotatable bonds is 6. The van der Waals surface area contributed by atoms with E-state index in [-0.39, 0.29) is 0 Å². The molecule has 0 saturated heterocycles. The molecule has 3 aromatic rings. The number of allylic oxidation sites excluding steroid dienone is 8. The Kier molecular flexibility index (Phi) is 7.18. The zero-order valence-electron chi connectivity index (χ0n) is 23.5. The van der Waals surface area contributed by atoms with Crippen LogP contribution in [0.25, 0.3) is 44.5 Å². The molecule has 0 aromatic heterocycles. The highest BCUT2D eigenvalue weighted by atomic mass is 14.8. The van der Waals surface area contributed by atoms with Crippen LogP contribution in [0, 0.1) is 0 Å². The average Bonchev–Trinajstić information content (AvgIpc) is 3.09. The topological polar surface area (TPSA) is 48.1 Å². The van der Waals surface area contributed by atoms with Crippen molar-refractivity contribution in [3.8, 4) is 22.3 Å². The maximum absolute atomic E-state index is 3.37. The minimum atomic E-state index is 0.821. The molecule has 7 rings (SSSR count). The van der Waals surface area contributed by atoms with Crippen LogP contribution in [0.3, 0.4) is 0 Å². The lowest BCUT2D eigenvalue weighted by Gasteiger charge is -2.18. The van der Waals surface area contributed by atoms with E-state index in [0.717, 1.165) is 26.2 Å². The highest BCUT2D eigenvalue weighted by Gasteiger charge is 2.14. The average molecular weight is 547 g/mol. The van der Waals surface area contributed by atoms with Crippen molar-refractivity contribution in [3.05, 3.63) is 156 Å². The van der Waals surface area contributed by atoms with Crippen LogP contribution < -0.4 is 21.3 Å². The van der Waals surface area contributed by atoms with E-state index in [2.05, 4.69) is 143 Å². The van der Waals surface area contributed by atoms with Crippen molar-refractivity contribution in [2.24, 2.45) is 0 Å². The van der Waals surface area contributed by atoms with E-state index in [0.29, 0.717) is 0 Å². The summed E-state index contributed by atoms with van der Waals surface area (Å²) in [6.07, 6.45) is 25.6.